The molecule has 9 heteroatoms. The Hall–Kier alpha value is -1.61. The maximum atomic E-state index is 13.0. The molecule has 0 amide bonds. The average Bonchev–Trinajstić information content (AvgIpc) is 2.31. The van der Waals surface area contributed by atoms with Crippen LogP contribution in [0.4, 0.5) is 13.2 Å². The number of halogens is 3. The highest BCUT2D eigenvalue weighted by Gasteiger charge is 2.29. The lowest BCUT2D eigenvalue weighted by Crippen LogP contribution is -2.44. The van der Waals surface area contributed by atoms with Crippen LogP contribution in [-0.2, 0) is 14.8 Å². The Morgan fingerprint density at radius 1 is 1.20 bits per heavy atom. The average molecular weight is 311 g/mol. The van der Waals surface area contributed by atoms with Gasteiger partial charge in [-0.1, -0.05) is 13.8 Å². The fraction of sp³-hybridized carbons (Fsp3) is 0.364. The maximum absolute atomic E-state index is 13.0. The van der Waals surface area contributed by atoms with Crippen LogP contribution >= 0.6 is 0 Å². The molecule has 0 aromatic heterocycles. The summed E-state index contributed by atoms with van der Waals surface area (Å²) in [6, 6.07) is -0.920. The van der Waals surface area contributed by atoms with Crippen molar-refractivity contribution in [3.8, 4) is 0 Å². The molecule has 0 aliphatic rings. The zero-order valence-corrected chi connectivity index (χ0v) is 11.3. The number of benzene rings is 1. The molecule has 2 N–H and O–H groups in total. The topological polar surface area (TPSA) is 83.5 Å². The van der Waals surface area contributed by atoms with Gasteiger partial charge in [0.1, 0.15) is 6.04 Å². The van der Waals surface area contributed by atoms with E-state index in [9.17, 15) is 26.4 Å². The van der Waals surface area contributed by atoms with E-state index in [0.29, 0.717) is 0 Å². The van der Waals surface area contributed by atoms with E-state index in [1.165, 1.54) is 13.8 Å². The number of carbonyl (C=O) groups is 1. The molecule has 1 aromatic rings. The number of carboxylic acid groups (broad SMARTS) is 1. The molecule has 0 aliphatic heterocycles. The Morgan fingerprint density at radius 2 is 1.65 bits per heavy atom. The van der Waals surface area contributed by atoms with Crippen LogP contribution in [0.25, 0.3) is 0 Å². The van der Waals surface area contributed by atoms with Gasteiger partial charge in [0.2, 0.25) is 10.0 Å². The van der Waals surface area contributed by atoms with Gasteiger partial charge in [-0.25, -0.2) is 21.6 Å². The summed E-state index contributed by atoms with van der Waals surface area (Å²) in [5, 5.41) is 8.87. The monoisotopic (exact) mass is 311 g/mol. The normalized spacial score (nSPS) is 13.5. The summed E-state index contributed by atoms with van der Waals surface area (Å²) < 4.78 is 64.2. The highest BCUT2D eigenvalue weighted by atomic mass is 32.2. The molecule has 112 valence electrons. The van der Waals surface area contributed by atoms with Crippen molar-refractivity contribution in [2.45, 2.75) is 24.8 Å². The van der Waals surface area contributed by atoms with Crippen LogP contribution < -0.4 is 4.72 Å². The molecule has 0 fully saturated rings. The molecule has 0 spiro atoms. The van der Waals surface area contributed by atoms with E-state index in [1.807, 2.05) is 0 Å². The molecule has 0 bridgehead atoms. The van der Waals surface area contributed by atoms with Crippen LogP contribution in [0.1, 0.15) is 13.8 Å². The number of hydrogen-bond acceptors (Lipinski definition) is 3. The Labute approximate surface area is 113 Å². The zero-order valence-electron chi connectivity index (χ0n) is 10.5. The van der Waals surface area contributed by atoms with Crippen molar-refractivity contribution in [1.29, 1.82) is 0 Å². The lowest BCUT2D eigenvalue weighted by Gasteiger charge is -2.18. The molecule has 0 heterocycles. The second-order valence-electron chi connectivity index (χ2n) is 4.38. The number of sulfonamides is 1. The van der Waals surface area contributed by atoms with Gasteiger partial charge in [-0.05, 0) is 18.1 Å². The number of carboxylic acids is 1. The summed E-state index contributed by atoms with van der Waals surface area (Å²) in [5.41, 5.74) is 0. The Balaban J connectivity index is 3.21. The van der Waals surface area contributed by atoms with Crippen molar-refractivity contribution in [3.63, 3.8) is 0 Å². The summed E-state index contributed by atoms with van der Waals surface area (Å²) in [4.78, 5) is 10.0. The van der Waals surface area contributed by atoms with E-state index in [-0.39, 0.29) is 12.1 Å². The SMILES string of the molecule is CC(C)[C@H](NS(=O)(=O)c1cc(F)c(F)c(F)c1)C(=O)O. The van der Waals surface area contributed by atoms with Crippen molar-refractivity contribution in [2.75, 3.05) is 0 Å². The molecule has 5 nitrogen and oxygen atoms in total. The minimum atomic E-state index is -4.49. The molecule has 1 aromatic carbocycles. The van der Waals surface area contributed by atoms with E-state index in [1.54, 1.807) is 4.72 Å². The van der Waals surface area contributed by atoms with Crippen LogP contribution in [0.2, 0.25) is 0 Å². The van der Waals surface area contributed by atoms with Crippen molar-refractivity contribution in [1.82, 2.24) is 4.72 Å². The van der Waals surface area contributed by atoms with Crippen LogP contribution in [0.5, 0.6) is 0 Å². The van der Waals surface area contributed by atoms with Gasteiger partial charge in [0.25, 0.3) is 0 Å². The summed E-state index contributed by atoms with van der Waals surface area (Å²) in [6.07, 6.45) is 0. The van der Waals surface area contributed by atoms with Gasteiger partial charge in [0, 0.05) is 0 Å². The third kappa shape index (κ3) is 3.48. The highest BCUT2D eigenvalue weighted by Crippen LogP contribution is 2.18. The Bertz CT molecular complexity index is 608. The number of nitrogens with one attached hydrogen (secondary N) is 1. The minimum absolute atomic E-state index is 0.278. The lowest BCUT2D eigenvalue weighted by molar-refractivity contribution is -0.140. The lowest BCUT2D eigenvalue weighted by atomic mass is 10.1. The van der Waals surface area contributed by atoms with Crippen molar-refractivity contribution in [3.05, 3.63) is 29.6 Å². The van der Waals surface area contributed by atoms with Gasteiger partial charge in [-0.15, -0.1) is 0 Å². The smallest absolute Gasteiger partial charge is 0.322 e. The molecule has 0 radical (unpaired) electrons. The molecule has 1 rings (SSSR count). The second kappa shape index (κ2) is 5.80. The molecular weight excluding hydrogens is 299 g/mol. The first-order chi connectivity index (χ1) is 9.06. The van der Waals surface area contributed by atoms with Crippen molar-refractivity contribution >= 4 is 16.0 Å². The largest absolute Gasteiger partial charge is 0.480 e. The van der Waals surface area contributed by atoms with E-state index in [4.69, 9.17) is 5.11 Å². The highest BCUT2D eigenvalue weighted by molar-refractivity contribution is 7.89. The van der Waals surface area contributed by atoms with Gasteiger partial charge >= 0.3 is 5.97 Å². The number of rotatable bonds is 5. The van der Waals surface area contributed by atoms with E-state index < -0.39 is 50.3 Å². The Morgan fingerprint density at radius 3 is 2.00 bits per heavy atom. The first kappa shape index (κ1) is 16.4. The molecule has 0 saturated heterocycles. The molecular formula is C11H12F3NO4S. The summed E-state index contributed by atoms with van der Waals surface area (Å²) in [6.45, 7) is 2.90. The van der Waals surface area contributed by atoms with Crippen molar-refractivity contribution in [2.24, 2.45) is 5.92 Å². The second-order valence-corrected chi connectivity index (χ2v) is 6.10. The Kier molecular flexibility index (Phi) is 4.77. The predicted octanol–water partition coefficient (Wildman–Crippen LogP) is 1.49. The van der Waals surface area contributed by atoms with E-state index in [0.717, 1.165) is 0 Å². The summed E-state index contributed by atoms with van der Waals surface area (Å²) >= 11 is 0. The van der Waals surface area contributed by atoms with Crippen LogP contribution in [-0.4, -0.2) is 25.5 Å². The van der Waals surface area contributed by atoms with Crippen molar-refractivity contribution < 1.29 is 31.5 Å². The first-order valence-corrected chi connectivity index (χ1v) is 6.94. The maximum Gasteiger partial charge on any atom is 0.322 e. The molecule has 0 unspecified atom stereocenters. The number of hydrogen-bond donors (Lipinski definition) is 2. The molecule has 20 heavy (non-hydrogen) atoms. The van der Waals surface area contributed by atoms with Gasteiger partial charge in [0.15, 0.2) is 17.5 Å². The van der Waals surface area contributed by atoms with Crippen LogP contribution in [0.3, 0.4) is 0 Å². The fourth-order valence-corrected chi connectivity index (χ4v) is 2.75. The zero-order chi connectivity index (χ0) is 15.7. The minimum Gasteiger partial charge on any atom is -0.480 e. The summed E-state index contributed by atoms with van der Waals surface area (Å²) in [7, 11) is -4.49. The van der Waals surface area contributed by atoms with E-state index in [2.05, 4.69) is 0 Å². The molecule has 0 saturated carbocycles. The summed E-state index contributed by atoms with van der Waals surface area (Å²) in [5.74, 6) is -7.20. The van der Waals surface area contributed by atoms with Crippen LogP contribution in [0, 0.1) is 23.4 Å². The fourth-order valence-electron chi connectivity index (χ4n) is 1.39. The molecule has 0 aliphatic carbocycles. The first-order valence-electron chi connectivity index (χ1n) is 5.46. The third-order valence-electron chi connectivity index (χ3n) is 2.48. The van der Waals surface area contributed by atoms with Gasteiger partial charge in [-0.3, -0.25) is 4.79 Å². The number of aliphatic carboxylic acids is 1. The quantitative estimate of drug-likeness (QED) is 0.807. The van der Waals surface area contributed by atoms with E-state index >= 15 is 0 Å². The van der Waals surface area contributed by atoms with Crippen LogP contribution in [0.15, 0.2) is 17.0 Å². The van der Waals surface area contributed by atoms with Gasteiger partial charge < -0.3 is 5.11 Å². The molecule has 1 atom stereocenters. The predicted molar refractivity (Wildman–Crippen MR) is 62.9 cm³/mol. The standard InChI is InChI=1S/C11H12F3NO4S/c1-5(2)10(11(16)17)15-20(18,19)6-3-7(12)9(14)8(13)4-6/h3-5,10,15H,1-2H3,(H,16,17)/t10-/m0/s1. The van der Waals surface area contributed by atoms with Gasteiger partial charge in [0.05, 0.1) is 4.90 Å². The van der Waals surface area contributed by atoms with Gasteiger partial charge in [-0.2, -0.15) is 4.72 Å². The third-order valence-corrected chi connectivity index (χ3v) is 3.90.